The zero-order chi connectivity index (χ0) is 46.2. The van der Waals surface area contributed by atoms with Gasteiger partial charge in [-0.1, -0.05) is 131 Å². The van der Waals surface area contributed by atoms with Crippen LogP contribution in [0.2, 0.25) is 0 Å². The van der Waals surface area contributed by atoms with Crippen molar-refractivity contribution in [3.63, 3.8) is 0 Å². The second-order valence-electron chi connectivity index (χ2n) is 19.6. The molecule has 0 saturated heterocycles. The van der Waals surface area contributed by atoms with Gasteiger partial charge in [0.25, 0.3) is 0 Å². The molecule has 2 aliphatic carbocycles. The summed E-state index contributed by atoms with van der Waals surface area (Å²) < 4.78 is 12.4. The maximum Gasteiger partial charge on any atom is 0.164 e. The van der Waals surface area contributed by atoms with Gasteiger partial charge in [0.05, 0.1) is 5.69 Å². The average molecular weight is 889 g/mol. The van der Waals surface area contributed by atoms with Crippen LogP contribution >= 0.6 is 0 Å². The summed E-state index contributed by atoms with van der Waals surface area (Å²) in [5.74, 6) is 1.73. The molecule has 3 heterocycles. The highest BCUT2D eigenvalue weighted by Crippen LogP contribution is 2.56. The number of hydrogen-bond acceptors (Lipinski definition) is 6. The predicted molar refractivity (Wildman–Crippen MR) is 281 cm³/mol. The lowest BCUT2D eigenvalue weighted by atomic mass is 9.82. The fourth-order valence-electron chi connectivity index (χ4n) is 11.4. The van der Waals surface area contributed by atoms with Gasteiger partial charge in [0, 0.05) is 66.0 Å². The summed E-state index contributed by atoms with van der Waals surface area (Å²) in [4.78, 5) is 18.1. The van der Waals surface area contributed by atoms with E-state index in [1.807, 2.05) is 60.7 Å². The molecule has 69 heavy (non-hydrogen) atoms. The van der Waals surface area contributed by atoms with Crippen LogP contribution < -0.4 is 4.90 Å². The largest absolute Gasteiger partial charge is 0.456 e. The normalized spacial score (nSPS) is 14.0. The van der Waals surface area contributed by atoms with Crippen molar-refractivity contribution >= 4 is 60.9 Å². The molecule has 0 unspecified atom stereocenters. The highest BCUT2D eigenvalue weighted by Gasteiger charge is 2.39. The lowest BCUT2D eigenvalue weighted by Crippen LogP contribution is -2.17. The number of benzene rings is 9. The molecule has 3 aromatic heterocycles. The molecule has 12 aromatic rings. The fourth-order valence-corrected chi connectivity index (χ4v) is 11.4. The Labute approximate surface area is 399 Å². The van der Waals surface area contributed by atoms with Crippen LogP contribution in [0.1, 0.15) is 49.9 Å². The number of furan rings is 2. The molecule has 0 atom stereocenters. The molecule has 6 nitrogen and oxygen atoms in total. The van der Waals surface area contributed by atoms with Crippen LogP contribution in [0.5, 0.6) is 0 Å². The first kappa shape index (κ1) is 39.5. The van der Waals surface area contributed by atoms with Crippen molar-refractivity contribution in [1.29, 1.82) is 0 Å². The summed E-state index contributed by atoms with van der Waals surface area (Å²) in [6.07, 6.45) is 0. The number of fused-ring (bicyclic) bond motifs is 12. The number of aromatic nitrogens is 3. The van der Waals surface area contributed by atoms with Crippen molar-refractivity contribution < 1.29 is 8.83 Å². The van der Waals surface area contributed by atoms with Gasteiger partial charge < -0.3 is 13.7 Å². The maximum atomic E-state index is 6.22. The van der Waals surface area contributed by atoms with E-state index in [1.54, 1.807) is 0 Å². The van der Waals surface area contributed by atoms with Crippen LogP contribution in [0.15, 0.2) is 203 Å². The molecule has 0 fully saturated rings. The minimum absolute atomic E-state index is 0.155. The van der Waals surface area contributed by atoms with E-state index < -0.39 is 0 Å². The molecule has 0 radical (unpaired) electrons. The Balaban J connectivity index is 0.942. The standard InChI is InChI=1S/C63H44N4O2/c1-62(2)50-19-10-6-17-46(50)58-51(62)20-13-21-53(58)67(41-30-31-43-42-14-5-9-18-49(42)63(3,4)52(43)36-41)40-28-24-37(25-29-40)59-64-60(38-26-32-56-47(34-38)44-15-7-11-22-54(44)68-56)66-61(65-59)39-27-33-57-48(35-39)45-16-8-12-23-55(45)69-57/h5-36H,1-4H3. The van der Waals surface area contributed by atoms with Crippen molar-refractivity contribution in [3.8, 4) is 56.4 Å². The molecule has 0 amide bonds. The van der Waals surface area contributed by atoms with Crippen LogP contribution in [0.4, 0.5) is 17.1 Å². The number of nitrogens with zero attached hydrogens (tertiary/aromatic N) is 4. The molecular formula is C63H44N4O2. The predicted octanol–water partition coefficient (Wildman–Crippen LogP) is 16.8. The Hall–Kier alpha value is -8.61. The van der Waals surface area contributed by atoms with Gasteiger partial charge in [-0.2, -0.15) is 0 Å². The summed E-state index contributed by atoms with van der Waals surface area (Å²) in [6.45, 7) is 9.39. The summed E-state index contributed by atoms with van der Waals surface area (Å²) in [5.41, 5.74) is 19.4. The van der Waals surface area contributed by atoms with E-state index in [2.05, 4.69) is 166 Å². The van der Waals surface area contributed by atoms with Crippen molar-refractivity contribution in [2.75, 3.05) is 4.90 Å². The van der Waals surface area contributed by atoms with Crippen LogP contribution in [0.3, 0.4) is 0 Å². The Kier molecular flexibility index (Phi) is 8.28. The van der Waals surface area contributed by atoms with Crippen LogP contribution in [-0.4, -0.2) is 15.0 Å². The topological polar surface area (TPSA) is 68.2 Å². The minimum Gasteiger partial charge on any atom is -0.456 e. The Morgan fingerprint density at radius 1 is 0.348 bits per heavy atom. The monoisotopic (exact) mass is 888 g/mol. The third kappa shape index (κ3) is 5.88. The molecular weight excluding hydrogens is 845 g/mol. The molecule has 0 bridgehead atoms. The van der Waals surface area contributed by atoms with Crippen molar-refractivity contribution in [3.05, 3.63) is 216 Å². The maximum absolute atomic E-state index is 6.22. The molecule has 6 heteroatoms. The van der Waals surface area contributed by atoms with E-state index in [1.165, 1.54) is 44.5 Å². The molecule has 0 spiro atoms. The number of anilines is 3. The highest BCUT2D eigenvalue weighted by atomic mass is 16.3. The van der Waals surface area contributed by atoms with E-state index in [4.69, 9.17) is 23.8 Å². The van der Waals surface area contributed by atoms with Gasteiger partial charge in [-0.25, -0.2) is 15.0 Å². The Morgan fingerprint density at radius 3 is 1.45 bits per heavy atom. The summed E-state index contributed by atoms with van der Waals surface area (Å²) in [6, 6.07) is 68.9. The molecule has 0 N–H and O–H groups in total. The van der Waals surface area contributed by atoms with Crippen molar-refractivity contribution in [1.82, 2.24) is 15.0 Å². The zero-order valence-corrected chi connectivity index (χ0v) is 38.6. The third-order valence-corrected chi connectivity index (χ3v) is 14.9. The molecule has 0 aliphatic heterocycles. The van der Waals surface area contributed by atoms with Crippen LogP contribution in [-0.2, 0) is 10.8 Å². The molecule has 14 rings (SSSR count). The molecule has 2 aliphatic rings. The molecule has 9 aromatic carbocycles. The smallest absolute Gasteiger partial charge is 0.164 e. The quantitative estimate of drug-likeness (QED) is 0.166. The van der Waals surface area contributed by atoms with Gasteiger partial charge in [-0.3, -0.25) is 0 Å². The van der Waals surface area contributed by atoms with Gasteiger partial charge in [-0.05, 0) is 130 Å². The minimum atomic E-state index is -0.163. The zero-order valence-electron chi connectivity index (χ0n) is 38.6. The average Bonchev–Trinajstić information content (AvgIpc) is 4.09. The number of rotatable bonds is 6. The first-order valence-electron chi connectivity index (χ1n) is 23.7. The summed E-state index contributed by atoms with van der Waals surface area (Å²) in [7, 11) is 0. The van der Waals surface area contributed by atoms with Crippen LogP contribution in [0.25, 0.3) is 100 Å². The Bertz CT molecular complexity index is 3970. The fraction of sp³-hybridized carbons (Fsp3) is 0.0952. The lowest BCUT2D eigenvalue weighted by molar-refractivity contribution is 0.660. The van der Waals surface area contributed by atoms with E-state index in [0.29, 0.717) is 17.5 Å². The van der Waals surface area contributed by atoms with Gasteiger partial charge in [-0.15, -0.1) is 0 Å². The van der Waals surface area contributed by atoms with Gasteiger partial charge >= 0.3 is 0 Å². The third-order valence-electron chi connectivity index (χ3n) is 14.9. The summed E-state index contributed by atoms with van der Waals surface area (Å²) >= 11 is 0. The number of hydrogen-bond donors (Lipinski definition) is 0. The van der Waals surface area contributed by atoms with Crippen molar-refractivity contribution in [2.45, 2.75) is 38.5 Å². The van der Waals surface area contributed by atoms with E-state index in [9.17, 15) is 0 Å². The van der Waals surface area contributed by atoms with E-state index in [0.717, 1.165) is 77.6 Å². The second-order valence-corrected chi connectivity index (χ2v) is 19.6. The van der Waals surface area contributed by atoms with Crippen molar-refractivity contribution in [2.24, 2.45) is 0 Å². The first-order valence-corrected chi connectivity index (χ1v) is 23.7. The van der Waals surface area contributed by atoms with Crippen LogP contribution in [0, 0.1) is 0 Å². The second kappa shape index (κ2) is 14.4. The SMILES string of the molecule is CC1(C)c2ccccc2-c2ccc(N(c3ccc(-c4nc(-c5ccc6oc7ccccc7c6c5)nc(-c5ccc6oc7ccccc7c6c5)n4)cc3)c3cccc4c3-c3ccccc3C4(C)C)cc21. The lowest BCUT2D eigenvalue weighted by Gasteiger charge is -2.30. The van der Waals surface area contributed by atoms with Gasteiger partial charge in [0.15, 0.2) is 17.5 Å². The number of para-hydroxylation sites is 2. The molecule has 0 saturated carbocycles. The van der Waals surface area contributed by atoms with E-state index in [-0.39, 0.29) is 10.8 Å². The van der Waals surface area contributed by atoms with Gasteiger partial charge in [0.2, 0.25) is 0 Å². The highest BCUT2D eigenvalue weighted by molar-refractivity contribution is 6.07. The first-order chi connectivity index (χ1) is 33.7. The summed E-state index contributed by atoms with van der Waals surface area (Å²) in [5, 5.41) is 4.13. The van der Waals surface area contributed by atoms with Gasteiger partial charge in [0.1, 0.15) is 22.3 Å². The Morgan fingerprint density at radius 2 is 0.812 bits per heavy atom. The molecule has 328 valence electrons. The van der Waals surface area contributed by atoms with E-state index >= 15 is 0 Å².